The number of Topliss-reactive ketones (excluding diaryl/α,β-unsaturated/α-hetero) is 1. The Balaban J connectivity index is 1.66. The third-order valence-corrected chi connectivity index (χ3v) is 7.33. The summed E-state index contributed by atoms with van der Waals surface area (Å²) in [5.41, 5.74) is 3.39. The molecular weight excluding hydrogens is 502 g/mol. The molecule has 2 aromatic carbocycles. The number of fused-ring (bicyclic) bond motifs is 1. The molecule has 0 amide bonds. The summed E-state index contributed by atoms with van der Waals surface area (Å²) in [5, 5.41) is 3.31. The number of carbonyl (C=O) groups is 3. The van der Waals surface area contributed by atoms with Gasteiger partial charge in [0, 0.05) is 28.8 Å². The van der Waals surface area contributed by atoms with Crippen LogP contribution in [0.15, 0.2) is 65.0 Å². The highest BCUT2D eigenvalue weighted by Crippen LogP contribution is 2.49. The van der Waals surface area contributed by atoms with Crippen LogP contribution in [0.4, 0.5) is 0 Å². The molecule has 0 bridgehead atoms. The van der Waals surface area contributed by atoms with Crippen molar-refractivity contribution in [1.29, 1.82) is 0 Å². The number of esters is 2. The van der Waals surface area contributed by atoms with Crippen molar-refractivity contribution in [1.82, 2.24) is 5.32 Å². The average Bonchev–Trinajstić information content (AvgIpc) is 3.40. The Labute approximate surface area is 226 Å². The van der Waals surface area contributed by atoms with E-state index in [1.54, 1.807) is 52.1 Å². The molecule has 1 N–H and O–H groups in total. The fraction of sp³-hybridized carbons (Fsp3) is 0.367. The van der Waals surface area contributed by atoms with Gasteiger partial charge in [0.05, 0.1) is 25.9 Å². The molecule has 3 aliphatic rings. The highest BCUT2D eigenvalue weighted by molar-refractivity contribution is 6.13. The van der Waals surface area contributed by atoms with Gasteiger partial charge in [-0.1, -0.05) is 18.2 Å². The van der Waals surface area contributed by atoms with Crippen molar-refractivity contribution in [3.05, 3.63) is 76.1 Å². The Morgan fingerprint density at radius 3 is 2.36 bits per heavy atom. The molecule has 9 heteroatoms. The second kappa shape index (κ2) is 10.8. The summed E-state index contributed by atoms with van der Waals surface area (Å²) in [4.78, 5) is 41.0. The molecule has 1 aliphatic carbocycles. The molecule has 9 nitrogen and oxygen atoms in total. The Bertz CT molecular complexity index is 1370. The van der Waals surface area contributed by atoms with E-state index in [2.05, 4.69) is 5.32 Å². The molecule has 204 valence electrons. The molecule has 5 rings (SSSR count). The normalized spacial score (nSPS) is 21.7. The monoisotopic (exact) mass is 533 g/mol. The SMILES string of the molecule is CCOC(=O)C1=C(C)NC2=C(C(=O)[C@H](C(=O)OCC)[C@H](c3ccc(OC)cc3)C2)[C@H]1c1ccc2c(c1)OCO2. The highest BCUT2D eigenvalue weighted by atomic mass is 16.7. The third kappa shape index (κ3) is 4.73. The predicted molar refractivity (Wildman–Crippen MR) is 140 cm³/mol. The maximum Gasteiger partial charge on any atom is 0.336 e. The fourth-order valence-corrected chi connectivity index (χ4v) is 5.61. The van der Waals surface area contributed by atoms with E-state index in [4.69, 9.17) is 23.7 Å². The second-order valence-electron chi connectivity index (χ2n) is 9.50. The first-order valence-corrected chi connectivity index (χ1v) is 13.0. The summed E-state index contributed by atoms with van der Waals surface area (Å²) in [6, 6.07) is 12.7. The first-order chi connectivity index (χ1) is 18.9. The van der Waals surface area contributed by atoms with E-state index in [1.165, 1.54) is 0 Å². The van der Waals surface area contributed by atoms with Crippen LogP contribution in [0.1, 0.15) is 50.2 Å². The zero-order valence-electron chi connectivity index (χ0n) is 22.4. The topological polar surface area (TPSA) is 109 Å². The van der Waals surface area contributed by atoms with Gasteiger partial charge in [0.15, 0.2) is 17.3 Å². The van der Waals surface area contributed by atoms with Crippen molar-refractivity contribution < 1.29 is 38.1 Å². The summed E-state index contributed by atoms with van der Waals surface area (Å²) in [6.07, 6.45) is 0.366. The summed E-state index contributed by atoms with van der Waals surface area (Å²) in [6.45, 7) is 5.63. The Morgan fingerprint density at radius 2 is 1.67 bits per heavy atom. The van der Waals surface area contributed by atoms with Gasteiger partial charge < -0.3 is 29.0 Å². The number of methoxy groups -OCH3 is 1. The van der Waals surface area contributed by atoms with E-state index in [1.807, 2.05) is 18.2 Å². The second-order valence-corrected chi connectivity index (χ2v) is 9.50. The lowest BCUT2D eigenvalue weighted by molar-refractivity contribution is -0.152. The van der Waals surface area contributed by atoms with E-state index in [0.29, 0.717) is 51.8 Å². The van der Waals surface area contributed by atoms with Crippen LogP contribution in [0.25, 0.3) is 0 Å². The van der Waals surface area contributed by atoms with Crippen molar-refractivity contribution in [2.75, 3.05) is 27.1 Å². The molecule has 39 heavy (non-hydrogen) atoms. The largest absolute Gasteiger partial charge is 0.497 e. The summed E-state index contributed by atoms with van der Waals surface area (Å²) < 4.78 is 27.2. The molecule has 0 saturated heterocycles. The number of dihydropyridines is 1. The van der Waals surface area contributed by atoms with E-state index < -0.39 is 29.7 Å². The molecule has 0 saturated carbocycles. The minimum absolute atomic E-state index is 0.0892. The van der Waals surface area contributed by atoms with Crippen molar-refractivity contribution in [2.45, 2.75) is 39.0 Å². The number of allylic oxidation sites excluding steroid dienone is 3. The minimum Gasteiger partial charge on any atom is -0.497 e. The van der Waals surface area contributed by atoms with Gasteiger partial charge in [-0.25, -0.2) is 4.79 Å². The molecule has 3 atom stereocenters. The molecule has 2 aliphatic heterocycles. The maximum absolute atomic E-state index is 14.4. The van der Waals surface area contributed by atoms with Gasteiger partial charge in [0.25, 0.3) is 0 Å². The fourth-order valence-electron chi connectivity index (χ4n) is 5.61. The zero-order valence-corrected chi connectivity index (χ0v) is 22.4. The predicted octanol–water partition coefficient (Wildman–Crippen LogP) is 4.14. The number of ether oxygens (including phenoxy) is 5. The van der Waals surface area contributed by atoms with Crippen LogP contribution in [-0.4, -0.2) is 44.8 Å². The number of nitrogens with one attached hydrogen (secondary N) is 1. The molecule has 0 fully saturated rings. The molecule has 0 aromatic heterocycles. The number of benzene rings is 2. The number of hydrogen-bond donors (Lipinski definition) is 1. The van der Waals surface area contributed by atoms with Crippen LogP contribution in [0, 0.1) is 5.92 Å². The van der Waals surface area contributed by atoms with Gasteiger partial charge in [-0.15, -0.1) is 0 Å². The summed E-state index contributed by atoms with van der Waals surface area (Å²) in [5.74, 6) is -2.06. The summed E-state index contributed by atoms with van der Waals surface area (Å²) in [7, 11) is 1.58. The van der Waals surface area contributed by atoms with E-state index in [-0.39, 0.29) is 25.8 Å². The Kier molecular flexibility index (Phi) is 7.32. The van der Waals surface area contributed by atoms with Crippen LogP contribution in [0.5, 0.6) is 17.2 Å². The Hall–Kier alpha value is -4.27. The van der Waals surface area contributed by atoms with E-state index >= 15 is 0 Å². The minimum atomic E-state index is -1.09. The van der Waals surface area contributed by atoms with Gasteiger partial charge in [0.1, 0.15) is 11.7 Å². The van der Waals surface area contributed by atoms with E-state index in [9.17, 15) is 14.4 Å². The number of hydrogen-bond acceptors (Lipinski definition) is 9. The van der Waals surface area contributed by atoms with Crippen molar-refractivity contribution in [2.24, 2.45) is 5.92 Å². The number of carbonyl (C=O) groups excluding carboxylic acids is 3. The maximum atomic E-state index is 14.4. The third-order valence-electron chi connectivity index (χ3n) is 7.33. The lowest BCUT2D eigenvalue weighted by atomic mass is 9.67. The molecule has 2 heterocycles. The lowest BCUT2D eigenvalue weighted by Crippen LogP contribution is -2.43. The number of rotatable bonds is 7. The summed E-state index contributed by atoms with van der Waals surface area (Å²) >= 11 is 0. The van der Waals surface area contributed by atoms with Gasteiger partial charge in [-0.2, -0.15) is 0 Å². The van der Waals surface area contributed by atoms with Crippen LogP contribution >= 0.6 is 0 Å². The highest BCUT2D eigenvalue weighted by Gasteiger charge is 2.49. The first-order valence-electron chi connectivity index (χ1n) is 13.0. The van der Waals surface area contributed by atoms with Crippen molar-refractivity contribution >= 4 is 17.7 Å². The lowest BCUT2D eigenvalue weighted by Gasteiger charge is -2.39. The molecule has 2 aromatic rings. The van der Waals surface area contributed by atoms with Crippen LogP contribution in [0.3, 0.4) is 0 Å². The molecular formula is C30H31NO8. The van der Waals surface area contributed by atoms with Crippen molar-refractivity contribution in [3.63, 3.8) is 0 Å². The van der Waals surface area contributed by atoms with Gasteiger partial charge in [-0.05, 0) is 62.6 Å². The Morgan fingerprint density at radius 1 is 0.974 bits per heavy atom. The van der Waals surface area contributed by atoms with Gasteiger partial charge >= 0.3 is 11.9 Å². The van der Waals surface area contributed by atoms with Crippen molar-refractivity contribution in [3.8, 4) is 17.2 Å². The average molecular weight is 534 g/mol. The van der Waals surface area contributed by atoms with Crippen LogP contribution in [0.2, 0.25) is 0 Å². The van der Waals surface area contributed by atoms with Crippen LogP contribution in [-0.2, 0) is 23.9 Å². The van der Waals surface area contributed by atoms with E-state index in [0.717, 1.165) is 5.56 Å². The quantitative estimate of drug-likeness (QED) is 0.415. The smallest absolute Gasteiger partial charge is 0.336 e. The zero-order chi connectivity index (χ0) is 27.7. The first kappa shape index (κ1) is 26.3. The van der Waals surface area contributed by atoms with Gasteiger partial charge in [0.2, 0.25) is 6.79 Å². The molecule has 0 spiro atoms. The standard InChI is InChI=1S/C30H31NO8/c1-5-36-29(33)24-16(3)31-21-14-20(17-7-10-19(35-4)11-8-17)26(30(34)37-6-2)28(32)27(21)25(24)18-9-12-22-23(13-18)39-15-38-22/h7-13,20,25-26,31H,5-6,14-15H2,1-4H3/t20-,25-,26+/m0/s1. The number of ketones is 1. The molecule has 0 radical (unpaired) electrons. The molecule has 0 unspecified atom stereocenters. The van der Waals surface area contributed by atoms with Gasteiger partial charge in [-0.3, -0.25) is 9.59 Å². The van der Waals surface area contributed by atoms with Crippen LogP contribution < -0.4 is 19.5 Å².